The van der Waals surface area contributed by atoms with Crippen molar-refractivity contribution in [2.45, 2.75) is 26.4 Å². The van der Waals surface area contributed by atoms with E-state index in [0.717, 1.165) is 44.0 Å². The van der Waals surface area contributed by atoms with Crippen molar-refractivity contribution in [3.63, 3.8) is 0 Å². The van der Waals surface area contributed by atoms with Crippen LogP contribution in [0.5, 0.6) is 0 Å². The Balaban J connectivity index is 1.51. The Hall–Kier alpha value is -2.40. The minimum absolute atomic E-state index is 0.0133. The van der Waals surface area contributed by atoms with Gasteiger partial charge in [0.1, 0.15) is 5.82 Å². The van der Waals surface area contributed by atoms with E-state index in [9.17, 15) is 9.18 Å². The highest BCUT2D eigenvalue weighted by molar-refractivity contribution is 5.73. The van der Waals surface area contributed by atoms with Gasteiger partial charge in [-0.3, -0.25) is 9.69 Å². The molecule has 1 fully saturated rings. The molecule has 0 saturated carbocycles. The molecule has 1 atom stereocenters. The highest BCUT2D eigenvalue weighted by Gasteiger charge is 2.17. The summed E-state index contributed by atoms with van der Waals surface area (Å²) in [5.41, 5.74) is 3.48. The number of nitrogens with zero attached hydrogens (tertiary/aromatic N) is 2. The number of piperazine rings is 1. The van der Waals surface area contributed by atoms with Crippen LogP contribution in [0.2, 0.25) is 0 Å². The van der Waals surface area contributed by atoms with E-state index in [0.29, 0.717) is 0 Å². The Bertz CT molecular complexity index is 722. The highest BCUT2D eigenvalue weighted by atomic mass is 19.1. The number of hydrogen-bond donors (Lipinski definition) is 1. The van der Waals surface area contributed by atoms with Crippen LogP contribution in [0.25, 0.3) is 0 Å². The highest BCUT2D eigenvalue weighted by Crippen LogP contribution is 2.19. The summed E-state index contributed by atoms with van der Waals surface area (Å²) in [6.45, 7) is 8.32. The maximum absolute atomic E-state index is 13.1. The van der Waals surface area contributed by atoms with Crippen LogP contribution in [-0.4, -0.2) is 37.0 Å². The van der Waals surface area contributed by atoms with Crippen LogP contribution < -0.4 is 10.2 Å². The molecule has 5 heteroatoms. The van der Waals surface area contributed by atoms with Crippen LogP contribution in [-0.2, 0) is 11.3 Å². The molecule has 1 aliphatic heterocycles. The van der Waals surface area contributed by atoms with Gasteiger partial charge in [0.25, 0.3) is 0 Å². The fraction of sp³-hybridized carbons (Fsp3) is 0.381. The molecule has 0 bridgehead atoms. The topological polar surface area (TPSA) is 35.6 Å². The van der Waals surface area contributed by atoms with E-state index >= 15 is 0 Å². The fourth-order valence-corrected chi connectivity index (χ4v) is 3.37. The largest absolute Gasteiger partial charge is 0.369 e. The standard InChI is InChI=1S/C21H26FN3O/c1-16(23-17(2)26)19-5-3-18(4-6-19)15-24-11-13-25(14-12-24)21-9-7-20(22)8-10-21/h3-10,16H,11-15H2,1-2H3,(H,23,26)/t16-/m1/s1. The molecule has 138 valence electrons. The molecule has 0 radical (unpaired) electrons. The third kappa shape index (κ3) is 4.82. The summed E-state index contributed by atoms with van der Waals surface area (Å²) in [6, 6.07) is 15.2. The van der Waals surface area contributed by atoms with E-state index in [4.69, 9.17) is 0 Å². The predicted octanol–water partition coefficient (Wildman–Crippen LogP) is 3.35. The van der Waals surface area contributed by atoms with E-state index in [-0.39, 0.29) is 17.8 Å². The van der Waals surface area contributed by atoms with E-state index in [1.165, 1.54) is 24.6 Å². The quantitative estimate of drug-likeness (QED) is 0.893. The van der Waals surface area contributed by atoms with Gasteiger partial charge in [-0.1, -0.05) is 24.3 Å². The first-order chi connectivity index (χ1) is 12.5. The minimum atomic E-state index is -0.191. The molecule has 2 aromatic rings. The summed E-state index contributed by atoms with van der Waals surface area (Å²) in [4.78, 5) is 15.9. The SMILES string of the molecule is CC(=O)N[C@H](C)c1ccc(CN2CCN(c3ccc(F)cc3)CC2)cc1. The van der Waals surface area contributed by atoms with Crippen LogP contribution in [0.3, 0.4) is 0 Å². The second-order valence-corrected chi connectivity index (χ2v) is 6.90. The van der Waals surface area contributed by atoms with Gasteiger partial charge >= 0.3 is 0 Å². The number of hydrogen-bond acceptors (Lipinski definition) is 3. The number of amides is 1. The van der Waals surface area contributed by atoms with Gasteiger partial charge in [-0.25, -0.2) is 4.39 Å². The van der Waals surface area contributed by atoms with Crippen LogP contribution in [0.1, 0.15) is 31.0 Å². The predicted molar refractivity (Wildman–Crippen MR) is 103 cm³/mol. The summed E-state index contributed by atoms with van der Waals surface area (Å²) < 4.78 is 13.1. The van der Waals surface area contributed by atoms with Gasteiger partial charge in [0.15, 0.2) is 0 Å². The molecule has 0 aromatic heterocycles. The van der Waals surface area contributed by atoms with Crippen LogP contribution in [0.15, 0.2) is 48.5 Å². The van der Waals surface area contributed by atoms with Gasteiger partial charge in [-0.2, -0.15) is 0 Å². The molecule has 1 N–H and O–H groups in total. The first-order valence-corrected chi connectivity index (χ1v) is 9.10. The third-order valence-corrected chi connectivity index (χ3v) is 4.87. The van der Waals surface area contributed by atoms with Crippen LogP contribution in [0, 0.1) is 5.82 Å². The number of rotatable bonds is 5. The molecule has 4 nitrogen and oxygen atoms in total. The Morgan fingerprint density at radius 3 is 2.23 bits per heavy atom. The Morgan fingerprint density at radius 2 is 1.65 bits per heavy atom. The minimum Gasteiger partial charge on any atom is -0.369 e. The maximum Gasteiger partial charge on any atom is 0.217 e. The van der Waals surface area contributed by atoms with Crippen LogP contribution in [0.4, 0.5) is 10.1 Å². The summed E-state index contributed by atoms with van der Waals surface area (Å²) in [5.74, 6) is -0.204. The lowest BCUT2D eigenvalue weighted by molar-refractivity contribution is -0.119. The number of benzene rings is 2. The van der Waals surface area contributed by atoms with Gasteiger partial charge in [-0.05, 0) is 42.3 Å². The summed E-state index contributed by atoms with van der Waals surface area (Å²) >= 11 is 0. The second kappa shape index (κ2) is 8.32. The first-order valence-electron chi connectivity index (χ1n) is 9.10. The smallest absolute Gasteiger partial charge is 0.217 e. The monoisotopic (exact) mass is 355 g/mol. The van der Waals surface area contributed by atoms with E-state index in [1.807, 2.05) is 19.1 Å². The molecule has 3 rings (SSSR count). The fourth-order valence-electron chi connectivity index (χ4n) is 3.37. The average molecular weight is 355 g/mol. The number of carbonyl (C=O) groups is 1. The van der Waals surface area contributed by atoms with Gasteiger partial charge in [0.2, 0.25) is 5.91 Å². The normalized spacial score (nSPS) is 16.3. The maximum atomic E-state index is 13.1. The molecule has 1 saturated heterocycles. The Kier molecular flexibility index (Phi) is 5.89. The van der Waals surface area contributed by atoms with Crippen LogP contribution >= 0.6 is 0 Å². The van der Waals surface area contributed by atoms with Gasteiger partial charge in [0.05, 0.1) is 6.04 Å². The van der Waals surface area contributed by atoms with Gasteiger partial charge in [-0.15, -0.1) is 0 Å². The zero-order valence-electron chi connectivity index (χ0n) is 15.4. The molecule has 0 aliphatic carbocycles. The lowest BCUT2D eigenvalue weighted by Gasteiger charge is -2.36. The summed E-state index contributed by atoms with van der Waals surface area (Å²) in [5, 5.41) is 2.91. The van der Waals surface area contributed by atoms with Gasteiger partial charge in [0, 0.05) is 45.3 Å². The lowest BCUT2D eigenvalue weighted by Crippen LogP contribution is -2.45. The van der Waals surface area contributed by atoms with Crippen molar-refractivity contribution in [1.29, 1.82) is 0 Å². The summed E-state index contributed by atoms with van der Waals surface area (Å²) in [7, 11) is 0. The van der Waals surface area contributed by atoms with Crippen molar-refractivity contribution in [1.82, 2.24) is 10.2 Å². The molecule has 2 aromatic carbocycles. The molecule has 1 heterocycles. The molecule has 1 amide bonds. The lowest BCUT2D eigenvalue weighted by atomic mass is 10.1. The first kappa shape index (κ1) is 18.4. The molecule has 1 aliphatic rings. The molecular weight excluding hydrogens is 329 g/mol. The second-order valence-electron chi connectivity index (χ2n) is 6.90. The van der Waals surface area contributed by atoms with E-state index < -0.39 is 0 Å². The number of nitrogens with one attached hydrogen (secondary N) is 1. The van der Waals surface area contributed by atoms with Crippen molar-refractivity contribution >= 4 is 11.6 Å². The van der Waals surface area contributed by atoms with Crippen molar-refractivity contribution in [3.05, 3.63) is 65.5 Å². The van der Waals surface area contributed by atoms with Gasteiger partial charge < -0.3 is 10.2 Å². The summed E-state index contributed by atoms with van der Waals surface area (Å²) in [6.07, 6.45) is 0. The van der Waals surface area contributed by atoms with Crippen molar-refractivity contribution < 1.29 is 9.18 Å². The van der Waals surface area contributed by atoms with Crippen molar-refractivity contribution in [3.8, 4) is 0 Å². The zero-order chi connectivity index (χ0) is 18.5. The number of halogens is 1. The molecule has 26 heavy (non-hydrogen) atoms. The molecule has 0 spiro atoms. The molecule has 0 unspecified atom stereocenters. The number of carbonyl (C=O) groups excluding carboxylic acids is 1. The van der Waals surface area contributed by atoms with Crippen molar-refractivity contribution in [2.24, 2.45) is 0 Å². The van der Waals surface area contributed by atoms with E-state index in [1.54, 1.807) is 0 Å². The average Bonchev–Trinajstić information content (AvgIpc) is 2.63. The van der Waals surface area contributed by atoms with Crippen molar-refractivity contribution in [2.75, 3.05) is 31.1 Å². The number of anilines is 1. The molecular formula is C21H26FN3O. The Morgan fingerprint density at radius 1 is 1.04 bits per heavy atom. The zero-order valence-corrected chi connectivity index (χ0v) is 15.4. The Labute approximate surface area is 154 Å². The third-order valence-electron chi connectivity index (χ3n) is 4.87. The van der Waals surface area contributed by atoms with E-state index in [2.05, 4.69) is 39.4 Å².